The zero-order valence-electron chi connectivity index (χ0n) is 17.9. The summed E-state index contributed by atoms with van der Waals surface area (Å²) in [6.07, 6.45) is 3.73. The molecule has 3 rings (SSSR count). The third-order valence-corrected chi connectivity index (χ3v) is 5.18. The fraction of sp³-hybridized carbons (Fsp3) is 0.435. The van der Waals surface area contributed by atoms with E-state index in [0.717, 1.165) is 18.5 Å². The van der Waals surface area contributed by atoms with Gasteiger partial charge in [0.25, 0.3) is 5.91 Å². The van der Waals surface area contributed by atoms with Crippen molar-refractivity contribution in [3.63, 3.8) is 0 Å². The lowest BCUT2D eigenvalue weighted by Crippen LogP contribution is -2.46. The Labute approximate surface area is 177 Å². The van der Waals surface area contributed by atoms with Gasteiger partial charge in [0.1, 0.15) is 11.6 Å². The zero-order valence-corrected chi connectivity index (χ0v) is 17.9. The number of carbonyl (C=O) groups excluding carboxylic acids is 2. The number of hydrogen-bond acceptors (Lipinski definition) is 5. The summed E-state index contributed by atoms with van der Waals surface area (Å²) < 4.78 is 5.37. The van der Waals surface area contributed by atoms with Crippen molar-refractivity contribution >= 4 is 23.3 Å². The minimum atomic E-state index is -0.174. The summed E-state index contributed by atoms with van der Waals surface area (Å²) in [6, 6.07) is 11.0. The number of carbonyl (C=O) groups is 2. The molecule has 30 heavy (non-hydrogen) atoms. The van der Waals surface area contributed by atoms with Gasteiger partial charge in [0.15, 0.2) is 0 Å². The Bertz CT molecular complexity index is 876. The van der Waals surface area contributed by atoms with Crippen LogP contribution in [0.1, 0.15) is 43.5 Å². The summed E-state index contributed by atoms with van der Waals surface area (Å²) in [6.45, 7) is 5.45. The first kappa shape index (κ1) is 21.6. The lowest BCUT2D eigenvalue weighted by Gasteiger charge is -2.33. The summed E-state index contributed by atoms with van der Waals surface area (Å²) in [5, 5.41) is 6.30. The second-order valence-corrected chi connectivity index (χ2v) is 7.95. The fourth-order valence-corrected chi connectivity index (χ4v) is 3.58. The van der Waals surface area contributed by atoms with Crippen molar-refractivity contribution < 1.29 is 14.3 Å². The molecule has 1 saturated heterocycles. The molecule has 1 aromatic heterocycles. The highest BCUT2D eigenvalue weighted by Crippen LogP contribution is 2.27. The SMILES string of the molecule is COc1ccccc1Nc1ncccc1C(=O)NC1CCN(C(=O)CC(C)C)CC1. The van der Waals surface area contributed by atoms with Gasteiger partial charge in [0.2, 0.25) is 5.91 Å². The highest BCUT2D eigenvalue weighted by atomic mass is 16.5. The molecule has 1 aliphatic rings. The number of amides is 2. The smallest absolute Gasteiger partial charge is 0.255 e. The van der Waals surface area contributed by atoms with Gasteiger partial charge in [-0.2, -0.15) is 0 Å². The van der Waals surface area contributed by atoms with Crippen molar-refractivity contribution in [2.75, 3.05) is 25.5 Å². The number of nitrogens with one attached hydrogen (secondary N) is 2. The van der Waals surface area contributed by atoms with Crippen LogP contribution < -0.4 is 15.4 Å². The summed E-state index contributed by atoms with van der Waals surface area (Å²) in [4.78, 5) is 31.4. The van der Waals surface area contributed by atoms with Crippen molar-refractivity contribution in [3.8, 4) is 5.75 Å². The van der Waals surface area contributed by atoms with E-state index in [4.69, 9.17) is 4.74 Å². The molecule has 7 heteroatoms. The third-order valence-electron chi connectivity index (χ3n) is 5.18. The molecule has 2 aromatic rings. The molecule has 0 aliphatic carbocycles. The van der Waals surface area contributed by atoms with E-state index in [-0.39, 0.29) is 17.9 Å². The van der Waals surface area contributed by atoms with Gasteiger partial charge in [-0.25, -0.2) is 4.98 Å². The molecule has 1 aliphatic heterocycles. The topological polar surface area (TPSA) is 83.6 Å². The van der Waals surface area contributed by atoms with Gasteiger partial charge in [-0.1, -0.05) is 26.0 Å². The van der Waals surface area contributed by atoms with E-state index in [9.17, 15) is 9.59 Å². The number of rotatable bonds is 7. The molecule has 0 atom stereocenters. The van der Waals surface area contributed by atoms with Crippen LogP contribution in [0.25, 0.3) is 0 Å². The number of benzene rings is 1. The fourth-order valence-electron chi connectivity index (χ4n) is 3.58. The molecule has 2 N–H and O–H groups in total. The van der Waals surface area contributed by atoms with Crippen molar-refractivity contribution in [2.24, 2.45) is 5.92 Å². The minimum Gasteiger partial charge on any atom is -0.495 e. The first-order chi connectivity index (χ1) is 14.5. The van der Waals surface area contributed by atoms with E-state index in [2.05, 4.69) is 29.5 Å². The molecule has 160 valence electrons. The predicted molar refractivity (Wildman–Crippen MR) is 117 cm³/mol. The van der Waals surface area contributed by atoms with Crippen LogP contribution in [0.15, 0.2) is 42.6 Å². The Morgan fingerprint density at radius 3 is 2.60 bits per heavy atom. The Morgan fingerprint density at radius 1 is 1.17 bits per heavy atom. The highest BCUT2D eigenvalue weighted by Gasteiger charge is 2.25. The molecule has 1 fully saturated rings. The Kier molecular flexibility index (Phi) is 7.27. The van der Waals surface area contributed by atoms with Crippen molar-refractivity contribution in [1.82, 2.24) is 15.2 Å². The lowest BCUT2D eigenvalue weighted by atomic mass is 10.0. The minimum absolute atomic E-state index is 0.0416. The number of methoxy groups -OCH3 is 1. The first-order valence-electron chi connectivity index (χ1n) is 10.4. The largest absolute Gasteiger partial charge is 0.495 e. The number of likely N-dealkylation sites (tertiary alicyclic amines) is 1. The van der Waals surface area contributed by atoms with E-state index < -0.39 is 0 Å². The average Bonchev–Trinajstić information content (AvgIpc) is 2.74. The highest BCUT2D eigenvalue weighted by molar-refractivity contribution is 5.99. The Morgan fingerprint density at radius 2 is 1.90 bits per heavy atom. The van der Waals surface area contributed by atoms with Crippen LogP contribution in [0.5, 0.6) is 5.75 Å². The number of para-hydroxylation sites is 2. The van der Waals surface area contributed by atoms with Crippen LogP contribution in [0.2, 0.25) is 0 Å². The van der Waals surface area contributed by atoms with Gasteiger partial charge in [-0.15, -0.1) is 0 Å². The van der Waals surface area contributed by atoms with Crippen LogP contribution >= 0.6 is 0 Å². The second-order valence-electron chi connectivity index (χ2n) is 7.95. The predicted octanol–water partition coefficient (Wildman–Crippen LogP) is 3.60. The van der Waals surface area contributed by atoms with Crippen LogP contribution in [0, 0.1) is 5.92 Å². The molecule has 0 radical (unpaired) electrons. The molecule has 2 amide bonds. The average molecular weight is 411 g/mol. The Balaban J connectivity index is 1.62. The van der Waals surface area contributed by atoms with E-state index in [1.54, 1.807) is 25.4 Å². The lowest BCUT2D eigenvalue weighted by molar-refractivity contribution is -0.133. The van der Waals surface area contributed by atoms with Crippen LogP contribution in [-0.4, -0.2) is 47.9 Å². The molecule has 7 nitrogen and oxygen atoms in total. The number of ether oxygens (including phenoxy) is 1. The van der Waals surface area contributed by atoms with Crippen molar-refractivity contribution in [2.45, 2.75) is 39.2 Å². The van der Waals surface area contributed by atoms with Crippen LogP contribution in [-0.2, 0) is 4.79 Å². The van der Waals surface area contributed by atoms with Crippen LogP contribution in [0.4, 0.5) is 11.5 Å². The monoisotopic (exact) mass is 410 g/mol. The molecule has 0 bridgehead atoms. The third kappa shape index (κ3) is 5.49. The zero-order chi connectivity index (χ0) is 21.5. The quantitative estimate of drug-likeness (QED) is 0.729. The first-order valence-corrected chi connectivity index (χ1v) is 10.4. The summed E-state index contributed by atoms with van der Waals surface area (Å²) in [5.41, 5.74) is 1.21. The number of pyridine rings is 1. The molecule has 0 spiro atoms. The number of nitrogens with zero attached hydrogens (tertiary/aromatic N) is 2. The maximum Gasteiger partial charge on any atom is 0.255 e. The molecule has 0 unspecified atom stereocenters. The number of piperidine rings is 1. The number of anilines is 2. The molecule has 2 heterocycles. The molecule has 1 aromatic carbocycles. The van der Waals surface area contributed by atoms with Gasteiger partial charge < -0.3 is 20.3 Å². The van der Waals surface area contributed by atoms with Crippen molar-refractivity contribution in [3.05, 3.63) is 48.2 Å². The normalized spacial score (nSPS) is 14.5. The molecule has 0 saturated carbocycles. The molecular weight excluding hydrogens is 380 g/mol. The van der Waals surface area contributed by atoms with Gasteiger partial charge >= 0.3 is 0 Å². The van der Waals surface area contributed by atoms with E-state index in [0.29, 0.717) is 42.6 Å². The Hall–Kier alpha value is -3.09. The van der Waals surface area contributed by atoms with Gasteiger partial charge in [-0.05, 0) is 43.0 Å². The van der Waals surface area contributed by atoms with E-state index >= 15 is 0 Å². The van der Waals surface area contributed by atoms with E-state index in [1.807, 2.05) is 29.2 Å². The summed E-state index contributed by atoms with van der Waals surface area (Å²) >= 11 is 0. The number of aromatic nitrogens is 1. The number of hydrogen-bond donors (Lipinski definition) is 2. The van der Waals surface area contributed by atoms with Crippen LogP contribution in [0.3, 0.4) is 0 Å². The molecular formula is C23H30N4O3. The standard InChI is InChI=1S/C23H30N4O3/c1-16(2)15-21(28)27-13-10-17(11-14-27)25-23(29)18-7-6-12-24-22(18)26-19-8-4-5-9-20(19)30-3/h4-9,12,16-17H,10-11,13-15H2,1-3H3,(H,24,26)(H,25,29). The van der Waals surface area contributed by atoms with Gasteiger partial charge in [-0.3, -0.25) is 9.59 Å². The summed E-state index contributed by atoms with van der Waals surface area (Å²) in [7, 11) is 1.60. The van der Waals surface area contributed by atoms with Gasteiger partial charge in [0.05, 0.1) is 18.4 Å². The maximum absolute atomic E-state index is 12.9. The summed E-state index contributed by atoms with van der Waals surface area (Å²) in [5.74, 6) is 1.53. The van der Waals surface area contributed by atoms with Crippen molar-refractivity contribution in [1.29, 1.82) is 0 Å². The maximum atomic E-state index is 12.9. The second kappa shape index (κ2) is 10.1. The van der Waals surface area contributed by atoms with E-state index in [1.165, 1.54) is 0 Å². The van der Waals surface area contributed by atoms with Gasteiger partial charge in [0, 0.05) is 31.7 Å².